The number of methoxy groups -OCH3 is 1. The van der Waals surface area contributed by atoms with E-state index in [1.807, 2.05) is 18.2 Å². The molecule has 0 aliphatic heterocycles. The third kappa shape index (κ3) is 2.17. The summed E-state index contributed by atoms with van der Waals surface area (Å²) in [6, 6.07) is 5.51. The second-order valence-electron chi connectivity index (χ2n) is 3.30. The number of hydrogen-bond acceptors (Lipinski definition) is 4. The van der Waals surface area contributed by atoms with E-state index < -0.39 is 0 Å². The van der Waals surface area contributed by atoms with E-state index in [-0.39, 0.29) is 12.4 Å². The molecule has 0 unspecified atom stereocenters. The first-order valence-corrected chi connectivity index (χ1v) is 5.27. The van der Waals surface area contributed by atoms with Crippen LogP contribution in [0, 0.1) is 0 Å². The molecule has 0 aliphatic rings. The van der Waals surface area contributed by atoms with E-state index in [4.69, 9.17) is 16.0 Å². The van der Waals surface area contributed by atoms with E-state index in [0.717, 1.165) is 5.56 Å². The van der Waals surface area contributed by atoms with Gasteiger partial charge in [0.2, 0.25) is 5.89 Å². The molecule has 2 aromatic rings. The van der Waals surface area contributed by atoms with E-state index in [0.29, 0.717) is 22.9 Å². The first kappa shape index (κ1) is 11.0. The maximum atomic E-state index is 11.0. The molecule has 16 heavy (non-hydrogen) atoms. The van der Waals surface area contributed by atoms with Gasteiger partial charge in [0.15, 0.2) is 5.58 Å². The summed E-state index contributed by atoms with van der Waals surface area (Å²) in [4.78, 5) is 15.2. The average Bonchev–Trinajstić information content (AvgIpc) is 2.69. The second-order valence-corrected chi connectivity index (χ2v) is 3.56. The third-order valence-electron chi connectivity index (χ3n) is 2.17. The summed E-state index contributed by atoms with van der Waals surface area (Å²) >= 11 is 5.70. The van der Waals surface area contributed by atoms with E-state index in [9.17, 15) is 4.79 Å². The van der Waals surface area contributed by atoms with Crippen molar-refractivity contribution in [1.29, 1.82) is 0 Å². The largest absolute Gasteiger partial charge is 0.469 e. The van der Waals surface area contributed by atoms with Crippen LogP contribution in [0.15, 0.2) is 22.6 Å². The zero-order chi connectivity index (χ0) is 11.5. The number of ether oxygens (including phenoxy) is 1. The molecule has 0 amide bonds. The maximum absolute atomic E-state index is 11.0. The van der Waals surface area contributed by atoms with Crippen LogP contribution in [-0.4, -0.2) is 18.1 Å². The van der Waals surface area contributed by atoms with Crippen molar-refractivity contribution >= 4 is 28.7 Å². The first-order valence-electron chi connectivity index (χ1n) is 4.74. The maximum Gasteiger partial charge on any atom is 0.314 e. The Morgan fingerprint density at radius 1 is 1.56 bits per heavy atom. The lowest BCUT2D eigenvalue weighted by molar-refractivity contribution is -0.140. The summed E-state index contributed by atoms with van der Waals surface area (Å²) in [7, 11) is 1.33. The third-order valence-corrected chi connectivity index (χ3v) is 2.48. The van der Waals surface area contributed by atoms with Crippen molar-refractivity contribution in [3.8, 4) is 0 Å². The highest BCUT2D eigenvalue weighted by molar-refractivity contribution is 6.17. The molecule has 4 nitrogen and oxygen atoms in total. The monoisotopic (exact) mass is 239 g/mol. The molecular weight excluding hydrogens is 230 g/mol. The first-order chi connectivity index (χ1) is 7.72. The van der Waals surface area contributed by atoms with Gasteiger partial charge in [-0.25, -0.2) is 4.98 Å². The van der Waals surface area contributed by atoms with Crippen molar-refractivity contribution < 1.29 is 13.9 Å². The fraction of sp³-hybridized carbons (Fsp3) is 0.273. The van der Waals surface area contributed by atoms with Gasteiger partial charge in [-0.3, -0.25) is 4.79 Å². The Kier molecular flexibility index (Phi) is 3.10. The van der Waals surface area contributed by atoms with Crippen molar-refractivity contribution in [2.75, 3.05) is 7.11 Å². The van der Waals surface area contributed by atoms with Gasteiger partial charge >= 0.3 is 5.97 Å². The Balaban J connectivity index is 2.32. The van der Waals surface area contributed by atoms with Gasteiger partial charge in [0.25, 0.3) is 0 Å². The van der Waals surface area contributed by atoms with Crippen LogP contribution < -0.4 is 0 Å². The Hall–Kier alpha value is -1.55. The standard InChI is InChI=1S/C11H10ClNO3/c1-15-11(14)5-10-13-8-3-2-7(6-12)4-9(8)16-10/h2-4H,5-6H2,1H3. The van der Waals surface area contributed by atoms with Gasteiger partial charge in [-0.2, -0.15) is 0 Å². The molecule has 84 valence electrons. The average molecular weight is 240 g/mol. The highest BCUT2D eigenvalue weighted by Gasteiger charge is 2.10. The number of aromatic nitrogens is 1. The molecule has 2 rings (SSSR count). The summed E-state index contributed by atoms with van der Waals surface area (Å²) in [6.45, 7) is 0. The van der Waals surface area contributed by atoms with Crippen LogP contribution in [0.1, 0.15) is 11.5 Å². The van der Waals surface area contributed by atoms with E-state index >= 15 is 0 Å². The molecule has 1 heterocycles. The fourth-order valence-corrected chi connectivity index (χ4v) is 1.54. The lowest BCUT2D eigenvalue weighted by Gasteiger charge is -1.92. The summed E-state index contributed by atoms with van der Waals surface area (Å²) in [6.07, 6.45) is 0.0430. The number of oxazole rings is 1. The zero-order valence-electron chi connectivity index (χ0n) is 8.70. The number of halogens is 1. The van der Waals surface area contributed by atoms with Gasteiger partial charge in [-0.1, -0.05) is 6.07 Å². The Bertz CT molecular complexity index is 521. The molecule has 0 spiro atoms. The molecule has 0 atom stereocenters. The second kappa shape index (κ2) is 4.53. The number of carbonyl (C=O) groups is 1. The lowest BCUT2D eigenvalue weighted by atomic mass is 10.2. The molecule has 5 heteroatoms. The molecule has 0 bridgehead atoms. The van der Waals surface area contributed by atoms with Gasteiger partial charge in [-0.05, 0) is 17.7 Å². The lowest BCUT2D eigenvalue weighted by Crippen LogP contribution is -2.04. The predicted molar refractivity (Wildman–Crippen MR) is 59.3 cm³/mol. The predicted octanol–water partition coefficient (Wildman–Crippen LogP) is 2.28. The number of carbonyl (C=O) groups excluding carboxylic acids is 1. The number of alkyl halides is 1. The fourth-order valence-electron chi connectivity index (χ4n) is 1.37. The van der Waals surface area contributed by atoms with Crippen molar-refractivity contribution in [1.82, 2.24) is 4.98 Å². The Labute approximate surface area is 97.2 Å². The minimum Gasteiger partial charge on any atom is -0.469 e. The number of fused-ring (bicyclic) bond motifs is 1. The minimum absolute atomic E-state index is 0.0430. The van der Waals surface area contributed by atoms with Gasteiger partial charge in [0.05, 0.1) is 7.11 Å². The molecule has 0 saturated carbocycles. The van der Waals surface area contributed by atoms with Crippen LogP contribution in [-0.2, 0) is 21.8 Å². The van der Waals surface area contributed by atoms with Crippen LogP contribution in [0.4, 0.5) is 0 Å². The molecule has 0 aliphatic carbocycles. The summed E-state index contributed by atoms with van der Waals surface area (Å²) < 4.78 is 9.95. The molecular formula is C11H10ClNO3. The van der Waals surface area contributed by atoms with Crippen LogP contribution in [0.25, 0.3) is 11.1 Å². The smallest absolute Gasteiger partial charge is 0.314 e. The number of nitrogens with zero attached hydrogens (tertiary/aromatic N) is 1. The van der Waals surface area contributed by atoms with Gasteiger partial charge in [0.1, 0.15) is 11.9 Å². The van der Waals surface area contributed by atoms with Crippen LogP contribution in [0.2, 0.25) is 0 Å². The van der Waals surface area contributed by atoms with Crippen molar-refractivity contribution in [2.45, 2.75) is 12.3 Å². The topological polar surface area (TPSA) is 52.3 Å². The van der Waals surface area contributed by atoms with E-state index in [1.54, 1.807) is 0 Å². The SMILES string of the molecule is COC(=O)Cc1nc2ccc(CCl)cc2o1. The van der Waals surface area contributed by atoms with Gasteiger partial charge < -0.3 is 9.15 Å². The van der Waals surface area contributed by atoms with Crippen molar-refractivity contribution in [2.24, 2.45) is 0 Å². The van der Waals surface area contributed by atoms with Crippen molar-refractivity contribution in [3.05, 3.63) is 29.7 Å². The molecule has 1 aromatic heterocycles. The van der Waals surface area contributed by atoms with Crippen LogP contribution in [0.3, 0.4) is 0 Å². The van der Waals surface area contributed by atoms with Gasteiger partial charge in [-0.15, -0.1) is 11.6 Å². The van der Waals surface area contributed by atoms with E-state index in [1.165, 1.54) is 7.11 Å². The van der Waals surface area contributed by atoms with Gasteiger partial charge in [0, 0.05) is 5.88 Å². The number of hydrogen-bond donors (Lipinski definition) is 0. The molecule has 0 fully saturated rings. The van der Waals surface area contributed by atoms with Crippen molar-refractivity contribution in [3.63, 3.8) is 0 Å². The Morgan fingerprint density at radius 2 is 2.38 bits per heavy atom. The van der Waals surface area contributed by atoms with Crippen LogP contribution >= 0.6 is 11.6 Å². The van der Waals surface area contributed by atoms with Crippen LogP contribution in [0.5, 0.6) is 0 Å². The normalized spacial score (nSPS) is 10.6. The summed E-state index contributed by atoms with van der Waals surface area (Å²) in [5, 5.41) is 0. The Morgan fingerprint density at radius 3 is 3.06 bits per heavy atom. The minimum atomic E-state index is -0.371. The molecule has 0 N–H and O–H groups in total. The summed E-state index contributed by atoms with van der Waals surface area (Å²) in [5.41, 5.74) is 2.31. The van der Waals surface area contributed by atoms with E-state index in [2.05, 4.69) is 9.72 Å². The molecule has 0 radical (unpaired) electrons. The zero-order valence-corrected chi connectivity index (χ0v) is 9.45. The number of benzene rings is 1. The molecule has 1 aromatic carbocycles. The number of esters is 1. The highest BCUT2D eigenvalue weighted by Crippen LogP contribution is 2.18. The highest BCUT2D eigenvalue weighted by atomic mass is 35.5. The summed E-state index contributed by atoms with van der Waals surface area (Å²) in [5.74, 6) is 0.404. The number of rotatable bonds is 3. The molecule has 0 saturated heterocycles. The quantitative estimate of drug-likeness (QED) is 0.609.